The molecule has 1 aliphatic carbocycles. The third-order valence-electron chi connectivity index (χ3n) is 5.86. The summed E-state index contributed by atoms with van der Waals surface area (Å²) in [5, 5.41) is 4.03. The Hall–Kier alpha value is -3.22. The van der Waals surface area contributed by atoms with Crippen LogP contribution in [0.1, 0.15) is 37.8 Å². The number of aromatic nitrogens is 4. The van der Waals surface area contributed by atoms with Crippen molar-refractivity contribution in [2.75, 3.05) is 4.72 Å². The number of anilines is 1. The zero-order valence-electron chi connectivity index (χ0n) is 18.2. The van der Waals surface area contributed by atoms with E-state index in [9.17, 15) is 26.0 Å². The standard InChI is InChI=1S/C21H21F4N5O3S/c1-20(5-6-21(24,25)11-14(20)17-3-8-28-30(17)2)33-13-9-15(22)19(16(23)10-13)34(31,32)29-18-4-7-26-12-27-18/h3-4,7-10,12,14H,5-6,11H2,1-2H3,(H,26,27,29)/t14-,20-/m1/s1. The molecule has 1 fully saturated rings. The van der Waals surface area contributed by atoms with Gasteiger partial charge in [0, 0.05) is 56.0 Å². The Balaban J connectivity index is 1.66. The molecule has 0 bridgehead atoms. The molecule has 0 saturated heterocycles. The Labute approximate surface area is 193 Å². The SMILES string of the molecule is Cn1nccc1[C@H]1CC(F)(F)CC[C@@]1(C)Oc1cc(F)c(S(=O)(=O)Nc2ccncn2)c(F)c1. The fourth-order valence-corrected chi connectivity index (χ4v) is 5.28. The minimum absolute atomic E-state index is 0.103. The molecular formula is C21H21F4N5O3S. The first-order chi connectivity index (χ1) is 15.9. The maximum absolute atomic E-state index is 14.8. The summed E-state index contributed by atoms with van der Waals surface area (Å²) in [4.78, 5) is 6.08. The second kappa shape index (κ2) is 8.53. The maximum Gasteiger partial charge on any atom is 0.268 e. The second-order valence-electron chi connectivity index (χ2n) is 8.32. The molecule has 2 atom stereocenters. The molecule has 0 radical (unpaired) electrons. The largest absolute Gasteiger partial charge is 0.487 e. The van der Waals surface area contributed by atoms with Gasteiger partial charge >= 0.3 is 0 Å². The van der Waals surface area contributed by atoms with E-state index >= 15 is 0 Å². The normalized spacial score (nSPS) is 22.4. The molecule has 4 rings (SSSR count). The van der Waals surface area contributed by atoms with Crippen LogP contribution in [0.5, 0.6) is 5.75 Å². The van der Waals surface area contributed by atoms with Crippen molar-refractivity contribution in [3.63, 3.8) is 0 Å². The van der Waals surface area contributed by atoms with Gasteiger partial charge in [-0.1, -0.05) is 0 Å². The van der Waals surface area contributed by atoms with Crippen LogP contribution in [-0.2, 0) is 17.1 Å². The van der Waals surface area contributed by atoms with E-state index in [2.05, 4.69) is 15.1 Å². The van der Waals surface area contributed by atoms with Gasteiger partial charge in [0.1, 0.15) is 35.1 Å². The molecule has 1 N–H and O–H groups in total. The summed E-state index contributed by atoms with van der Waals surface area (Å²) >= 11 is 0. The lowest BCUT2D eigenvalue weighted by molar-refractivity contribution is -0.102. The number of nitrogens with one attached hydrogen (secondary N) is 1. The van der Waals surface area contributed by atoms with Gasteiger partial charge in [-0.3, -0.25) is 9.40 Å². The van der Waals surface area contributed by atoms with Crippen LogP contribution in [0.25, 0.3) is 0 Å². The second-order valence-corrected chi connectivity index (χ2v) is 9.94. The van der Waals surface area contributed by atoms with Crippen LogP contribution in [0, 0.1) is 11.6 Å². The van der Waals surface area contributed by atoms with Gasteiger partial charge < -0.3 is 4.74 Å². The molecule has 13 heteroatoms. The van der Waals surface area contributed by atoms with Gasteiger partial charge in [0.15, 0.2) is 4.90 Å². The number of hydrogen-bond donors (Lipinski definition) is 1. The van der Waals surface area contributed by atoms with Crippen molar-refractivity contribution >= 4 is 15.8 Å². The molecule has 182 valence electrons. The van der Waals surface area contributed by atoms with E-state index in [1.54, 1.807) is 20.0 Å². The summed E-state index contributed by atoms with van der Waals surface area (Å²) < 4.78 is 92.6. The first-order valence-electron chi connectivity index (χ1n) is 10.2. The van der Waals surface area contributed by atoms with E-state index in [4.69, 9.17) is 4.74 Å². The van der Waals surface area contributed by atoms with Gasteiger partial charge in [-0.05, 0) is 25.5 Å². The molecule has 1 aromatic carbocycles. The number of ether oxygens (including phenoxy) is 1. The molecule has 0 spiro atoms. The third kappa shape index (κ3) is 4.69. The highest BCUT2D eigenvalue weighted by molar-refractivity contribution is 7.92. The lowest BCUT2D eigenvalue weighted by Gasteiger charge is -2.44. The smallest absolute Gasteiger partial charge is 0.268 e. The summed E-state index contributed by atoms with van der Waals surface area (Å²) in [6.45, 7) is 1.58. The highest BCUT2D eigenvalue weighted by atomic mass is 32.2. The Morgan fingerprint density at radius 2 is 1.85 bits per heavy atom. The van der Waals surface area contributed by atoms with E-state index in [1.807, 2.05) is 4.72 Å². The molecule has 34 heavy (non-hydrogen) atoms. The highest BCUT2D eigenvalue weighted by Gasteiger charge is 2.51. The average Bonchev–Trinajstić information content (AvgIpc) is 3.15. The number of halogens is 4. The minimum Gasteiger partial charge on any atom is -0.487 e. The van der Waals surface area contributed by atoms with Crippen molar-refractivity contribution in [3.8, 4) is 5.75 Å². The molecular weight excluding hydrogens is 478 g/mol. The van der Waals surface area contributed by atoms with E-state index in [0.717, 1.165) is 18.5 Å². The number of sulfonamides is 1. The van der Waals surface area contributed by atoms with Crippen LogP contribution < -0.4 is 9.46 Å². The third-order valence-corrected chi connectivity index (χ3v) is 7.26. The minimum atomic E-state index is -4.66. The predicted molar refractivity (Wildman–Crippen MR) is 113 cm³/mol. The van der Waals surface area contributed by atoms with Crippen molar-refractivity contribution in [1.82, 2.24) is 19.7 Å². The van der Waals surface area contributed by atoms with E-state index in [-0.39, 0.29) is 18.0 Å². The molecule has 0 amide bonds. The summed E-state index contributed by atoms with van der Waals surface area (Å²) in [6.07, 6.45) is 2.66. The van der Waals surface area contributed by atoms with Gasteiger partial charge in [0.05, 0.1) is 0 Å². The Bertz CT molecular complexity index is 1280. The molecule has 2 heterocycles. The number of nitrogens with zero attached hydrogens (tertiary/aromatic N) is 4. The van der Waals surface area contributed by atoms with Crippen molar-refractivity contribution in [2.45, 2.75) is 48.5 Å². The zero-order chi connectivity index (χ0) is 24.7. The van der Waals surface area contributed by atoms with Gasteiger partial charge in [0.2, 0.25) is 5.92 Å². The topological polar surface area (TPSA) is 99.0 Å². The van der Waals surface area contributed by atoms with Gasteiger partial charge in [-0.2, -0.15) is 5.10 Å². The van der Waals surface area contributed by atoms with Crippen LogP contribution in [0.4, 0.5) is 23.4 Å². The van der Waals surface area contributed by atoms with Crippen LogP contribution in [0.3, 0.4) is 0 Å². The monoisotopic (exact) mass is 499 g/mol. The van der Waals surface area contributed by atoms with Gasteiger partial charge in [-0.15, -0.1) is 0 Å². The molecule has 1 saturated carbocycles. The van der Waals surface area contributed by atoms with Crippen molar-refractivity contribution in [3.05, 3.63) is 60.3 Å². The number of alkyl halides is 2. The highest BCUT2D eigenvalue weighted by Crippen LogP contribution is 2.49. The lowest BCUT2D eigenvalue weighted by Crippen LogP contribution is -2.47. The number of benzene rings is 1. The van der Waals surface area contributed by atoms with Gasteiger partial charge in [0.25, 0.3) is 10.0 Å². The van der Waals surface area contributed by atoms with Crippen LogP contribution in [0.15, 0.2) is 47.9 Å². The van der Waals surface area contributed by atoms with E-state index < -0.39 is 56.8 Å². The van der Waals surface area contributed by atoms with Crippen molar-refractivity contribution < 1.29 is 30.7 Å². The first-order valence-corrected chi connectivity index (χ1v) is 11.7. The molecule has 8 nitrogen and oxygen atoms in total. The van der Waals surface area contributed by atoms with Crippen molar-refractivity contribution in [1.29, 1.82) is 0 Å². The Morgan fingerprint density at radius 1 is 1.15 bits per heavy atom. The average molecular weight is 499 g/mol. The molecule has 2 aromatic heterocycles. The van der Waals surface area contributed by atoms with E-state index in [0.29, 0.717) is 5.69 Å². The molecule has 3 aromatic rings. The molecule has 1 aliphatic rings. The Morgan fingerprint density at radius 3 is 2.44 bits per heavy atom. The summed E-state index contributed by atoms with van der Waals surface area (Å²) in [5.74, 6) is -7.09. The number of rotatable bonds is 6. The summed E-state index contributed by atoms with van der Waals surface area (Å²) in [5.41, 5.74) is -0.774. The number of aryl methyl sites for hydroxylation is 1. The summed E-state index contributed by atoms with van der Waals surface area (Å²) in [6, 6.07) is 4.23. The van der Waals surface area contributed by atoms with Crippen LogP contribution in [-0.4, -0.2) is 39.7 Å². The van der Waals surface area contributed by atoms with Gasteiger partial charge in [-0.25, -0.2) is 35.9 Å². The fourth-order valence-electron chi connectivity index (χ4n) is 4.15. The summed E-state index contributed by atoms with van der Waals surface area (Å²) in [7, 11) is -3.06. The zero-order valence-corrected chi connectivity index (χ0v) is 19.0. The quantitative estimate of drug-likeness (QED) is 0.515. The molecule has 0 aliphatic heterocycles. The molecule has 0 unspecified atom stereocenters. The van der Waals surface area contributed by atoms with Crippen molar-refractivity contribution in [2.24, 2.45) is 7.05 Å². The maximum atomic E-state index is 14.8. The number of hydrogen-bond acceptors (Lipinski definition) is 6. The predicted octanol–water partition coefficient (Wildman–Crippen LogP) is 4.03. The fraction of sp³-hybridized carbons (Fsp3) is 0.381. The first kappa shape index (κ1) is 23.9. The Kier molecular flexibility index (Phi) is 6.00. The van der Waals surface area contributed by atoms with Crippen LogP contribution >= 0.6 is 0 Å². The lowest BCUT2D eigenvalue weighted by atomic mass is 9.73. The van der Waals surface area contributed by atoms with Crippen LogP contribution in [0.2, 0.25) is 0 Å². The van der Waals surface area contributed by atoms with E-state index in [1.165, 1.54) is 23.1 Å².